The highest BCUT2D eigenvalue weighted by molar-refractivity contribution is 5.78. The van der Waals surface area contributed by atoms with Crippen molar-refractivity contribution in [2.75, 3.05) is 4.90 Å². The summed E-state index contributed by atoms with van der Waals surface area (Å²) in [5.41, 5.74) is 9.77. The van der Waals surface area contributed by atoms with Gasteiger partial charge in [-0.3, -0.25) is 0 Å². The van der Waals surface area contributed by atoms with E-state index in [1.54, 1.807) is 0 Å². The van der Waals surface area contributed by atoms with Crippen molar-refractivity contribution >= 4 is 29.2 Å². The standard InChI is InChI=1S/C29H27N/c1-22-10-17-28(18-11-22)30(27-7-5-4-6-8-27)29-19-13-25(14-20-29)12-16-26-15-9-23(2)21-24(26)3/h4-21H,1-3H3. The van der Waals surface area contributed by atoms with Gasteiger partial charge in [-0.15, -0.1) is 0 Å². The number of anilines is 3. The molecule has 0 N–H and O–H groups in total. The summed E-state index contributed by atoms with van der Waals surface area (Å²) in [7, 11) is 0. The Morgan fingerprint density at radius 3 is 1.73 bits per heavy atom. The fraction of sp³-hybridized carbons (Fsp3) is 0.103. The molecule has 4 rings (SSSR count). The van der Waals surface area contributed by atoms with Crippen molar-refractivity contribution in [1.82, 2.24) is 0 Å². The molecule has 0 aliphatic heterocycles. The molecule has 0 fully saturated rings. The molecule has 0 saturated carbocycles. The summed E-state index contributed by atoms with van der Waals surface area (Å²) < 4.78 is 0. The SMILES string of the molecule is Cc1ccc(N(c2ccccc2)c2ccc(C=Cc3ccc(C)cc3C)cc2)cc1. The van der Waals surface area contributed by atoms with E-state index in [9.17, 15) is 0 Å². The van der Waals surface area contributed by atoms with Crippen LogP contribution < -0.4 is 4.90 Å². The molecule has 0 radical (unpaired) electrons. The highest BCUT2D eigenvalue weighted by Crippen LogP contribution is 2.34. The number of benzene rings is 4. The number of nitrogens with zero attached hydrogens (tertiary/aromatic N) is 1. The average Bonchev–Trinajstić information content (AvgIpc) is 2.76. The summed E-state index contributed by atoms with van der Waals surface area (Å²) in [6.07, 6.45) is 4.37. The zero-order chi connectivity index (χ0) is 20.9. The molecule has 4 aromatic rings. The van der Waals surface area contributed by atoms with E-state index < -0.39 is 0 Å². The van der Waals surface area contributed by atoms with Crippen LogP contribution in [0.4, 0.5) is 17.1 Å². The van der Waals surface area contributed by atoms with Crippen molar-refractivity contribution in [2.45, 2.75) is 20.8 Å². The van der Waals surface area contributed by atoms with E-state index in [0.717, 1.165) is 17.1 Å². The first-order valence-corrected chi connectivity index (χ1v) is 10.4. The molecule has 0 atom stereocenters. The molecule has 0 aliphatic rings. The van der Waals surface area contributed by atoms with E-state index in [0.29, 0.717) is 0 Å². The second-order valence-electron chi connectivity index (χ2n) is 7.79. The van der Waals surface area contributed by atoms with Gasteiger partial charge in [-0.05, 0) is 73.9 Å². The molecule has 1 nitrogen and oxygen atoms in total. The third-order valence-corrected chi connectivity index (χ3v) is 5.34. The molecule has 1 heteroatoms. The van der Waals surface area contributed by atoms with Crippen molar-refractivity contribution in [3.05, 3.63) is 125 Å². The van der Waals surface area contributed by atoms with Crippen molar-refractivity contribution < 1.29 is 0 Å². The lowest BCUT2D eigenvalue weighted by atomic mass is 10.0. The molecular formula is C29H27N. The Morgan fingerprint density at radius 1 is 0.533 bits per heavy atom. The lowest BCUT2D eigenvalue weighted by molar-refractivity contribution is 1.27. The molecule has 0 saturated heterocycles. The van der Waals surface area contributed by atoms with Gasteiger partial charge in [-0.25, -0.2) is 0 Å². The maximum atomic E-state index is 2.29. The van der Waals surface area contributed by atoms with Gasteiger partial charge in [-0.1, -0.05) is 83.9 Å². The minimum absolute atomic E-state index is 1.15. The maximum absolute atomic E-state index is 2.29. The van der Waals surface area contributed by atoms with Gasteiger partial charge in [0.05, 0.1) is 0 Å². The second-order valence-corrected chi connectivity index (χ2v) is 7.79. The monoisotopic (exact) mass is 389 g/mol. The van der Waals surface area contributed by atoms with Crippen molar-refractivity contribution in [3.8, 4) is 0 Å². The van der Waals surface area contributed by atoms with Gasteiger partial charge in [-0.2, -0.15) is 0 Å². The molecule has 0 amide bonds. The first kappa shape index (κ1) is 19.7. The molecule has 0 heterocycles. The highest BCUT2D eigenvalue weighted by atomic mass is 15.1. The zero-order valence-electron chi connectivity index (χ0n) is 17.8. The number of aryl methyl sites for hydroxylation is 3. The molecule has 4 aromatic carbocycles. The van der Waals surface area contributed by atoms with Crippen LogP contribution in [-0.2, 0) is 0 Å². The van der Waals surface area contributed by atoms with Gasteiger partial charge in [0, 0.05) is 17.1 Å². The summed E-state index contributed by atoms with van der Waals surface area (Å²) >= 11 is 0. The summed E-state index contributed by atoms with van der Waals surface area (Å²) in [6, 6.07) is 34.5. The zero-order valence-corrected chi connectivity index (χ0v) is 17.8. The summed E-state index contributed by atoms with van der Waals surface area (Å²) in [4.78, 5) is 2.29. The quantitative estimate of drug-likeness (QED) is 0.311. The Morgan fingerprint density at radius 2 is 1.10 bits per heavy atom. The Hall–Kier alpha value is -3.58. The minimum Gasteiger partial charge on any atom is -0.311 e. The number of para-hydroxylation sites is 1. The molecule has 0 aromatic heterocycles. The Bertz CT molecular complexity index is 1140. The Kier molecular flexibility index (Phi) is 5.81. The van der Waals surface area contributed by atoms with Gasteiger partial charge in [0.15, 0.2) is 0 Å². The van der Waals surface area contributed by atoms with Crippen molar-refractivity contribution in [2.24, 2.45) is 0 Å². The van der Waals surface area contributed by atoms with Crippen molar-refractivity contribution in [1.29, 1.82) is 0 Å². The molecule has 0 spiro atoms. The van der Waals surface area contributed by atoms with E-state index in [-0.39, 0.29) is 0 Å². The highest BCUT2D eigenvalue weighted by Gasteiger charge is 2.11. The first-order valence-electron chi connectivity index (χ1n) is 10.4. The fourth-order valence-electron chi connectivity index (χ4n) is 3.65. The third-order valence-electron chi connectivity index (χ3n) is 5.34. The normalized spacial score (nSPS) is 11.0. The smallest absolute Gasteiger partial charge is 0.0462 e. The summed E-state index contributed by atoms with van der Waals surface area (Å²) in [5, 5.41) is 0. The van der Waals surface area contributed by atoms with E-state index in [1.165, 1.54) is 27.8 Å². The van der Waals surface area contributed by atoms with E-state index in [1.807, 2.05) is 0 Å². The maximum Gasteiger partial charge on any atom is 0.0462 e. The van der Waals surface area contributed by atoms with Crippen LogP contribution in [0, 0.1) is 20.8 Å². The molecular weight excluding hydrogens is 362 g/mol. The predicted molar refractivity (Wildman–Crippen MR) is 131 cm³/mol. The number of hydrogen-bond acceptors (Lipinski definition) is 1. The van der Waals surface area contributed by atoms with E-state index in [2.05, 4.69) is 135 Å². The molecule has 148 valence electrons. The summed E-state index contributed by atoms with van der Waals surface area (Å²) in [5.74, 6) is 0. The minimum atomic E-state index is 1.15. The van der Waals surface area contributed by atoms with E-state index >= 15 is 0 Å². The van der Waals surface area contributed by atoms with Crippen LogP contribution in [0.2, 0.25) is 0 Å². The van der Waals surface area contributed by atoms with E-state index in [4.69, 9.17) is 0 Å². The van der Waals surface area contributed by atoms with Gasteiger partial charge in [0.25, 0.3) is 0 Å². The van der Waals surface area contributed by atoms with Gasteiger partial charge in [0.1, 0.15) is 0 Å². The predicted octanol–water partition coefficient (Wildman–Crippen LogP) is 8.25. The first-order chi connectivity index (χ1) is 14.6. The van der Waals surface area contributed by atoms with Crippen LogP contribution in [0.15, 0.2) is 97.1 Å². The van der Waals surface area contributed by atoms with Crippen LogP contribution in [-0.4, -0.2) is 0 Å². The average molecular weight is 390 g/mol. The Balaban J connectivity index is 1.64. The van der Waals surface area contributed by atoms with Crippen LogP contribution in [0.3, 0.4) is 0 Å². The lowest BCUT2D eigenvalue weighted by Gasteiger charge is -2.25. The van der Waals surface area contributed by atoms with Crippen molar-refractivity contribution in [3.63, 3.8) is 0 Å². The molecule has 30 heavy (non-hydrogen) atoms. The van der Waals surface area contributed by atoms with Crippen LogP contribution in [0.25, 0.3) is 12.2 Å². The molecule has 0 aliphatic carbocycles. The molecule has 0 unspecified atom stereocenters. The van der Waals surface area contributed by atoms with Crippen LogP contribution in [0.1, 0.15) is 27.8 Å². The lowest BCUT2D eigenvalue weighted by Crippen LogP contribution is -2.09. The van der Waals surface area contributed by atoms with Gasteiger partial charge >= 0.3 is 0 Å². The fourth-order valence-corrected chi connectivity index (χ4v) is 3.65. The third kappa shape index (κ3) is 4.52. The summed E-state index contributed by atoms with van der Waals surface area (Å²) in [6.45, 7) is 6.41. The molecule has 0 bridgehead atoms. The second kappa shape index (κ2) is 8.84. The largest absolute Gasteiger partial charge is 0.311 e. The Labute approximate surface area is 179 Å². The van der Waals surface area contributed by atoms with Crippen LogP contribution in [0.5, 0.6) is 0 Å². The number of rotatable bonds is 5. The van der Waals surface area contributed by atoms with Gasteiger partial charge in [0.2, 0.25) is 0 Å². The van der Waals surface area contributed by atoms with Gasteiger partial charge < -0.3 is 4.90 Å². The van der Waals surface area contributed by atoms with Crippen LogP contribution >= 0.6 is 0 Å². The topological polar surface area (TPSA) is 3.24 Å². The number of hydrogen-bond donors (Lipinski definition) is 0.